The van der Waals surface area contributed by atoms with E-state index in [9.17, 15) is 4.79 Å². The van der Waals surface area contributed by atoms with Crippen molar-refractivity contribution in [1.82, 2.24) is 19.9 Å². The molecule has 2 aromatic heterocycles. The third kappa shape index (κ3) is 3.64. The quantitative estimate of drug-likeness (QED) is 0.857. The van der Waals surface area contributed by atoms with Gasteiger partial charge in [-0.15, -0.1) is 11.3 Å². The van der Waals surface area contributed by atoms with E-state index in [1.165, 1.54) is 0 Å². The zero-order valence-corrected chi connectivity index (χ0v) is 15.6. The van der Waals surface area contributed by atoms with E-state index in [0.717, 1.165) is 47.2 Å². The Hall–Kier alpha value is -1.82. The van der Waals surface area contributed by atoms with Gasteiger partial charge in [-0.3, -0.25) is 14.8 Å². The number of amides is 1. The van der Waals surface area contributed by atoms with E-state index < -0.39 is 0 Å². The maximum Gasteiger partial charge on any atom is 0.227 e. The van der Waals surface area contributed by atoms with Gasteiger partial charge in [0.25, 0.3) is 0 Å². The SMILES string of the molecule is Cc1ncc(-c2nccnc2C[C@H]2CCN(C(=O)C(C)(C)C)C2)s1. The molecule has 1 atom stereocenters. The van der Waals surface area contributed by atoms with Crippen LogP contribution in [0.2, 0.25) is 0 Å². The molecule has 0 saturated carbocycles. The number of hydrogen-bond donors (Lipinski definition) is 0. The first-order chi connectivity index (χ1) is 11.3. The summed E-state index contributed by atoms with van der Waals surface area (Å²) in [5.41, 5.74) is 1.63. The molecule has 0 aromatic carbocycles. The first-order valence-electron chi connectivity index (χ1n) is 8.36. The number of aryl methyl sites for hydroxylation is 1. The van der Waals surface area contributed by atoms with Crippen LogP contribution < -0.4 is 0 Å². The zero-order chi connectivity index (χ0) is 17.3. The topological polar surface area (TPSA) is 59.0 Å². The third-order valence-electron chi connectivity index (χ3n) is 4.33. The second kappa shape index (κ2) is 6.59. The summed E-state index contributed by atoms with van der Waals surface area (Å²) < 4.78 is 0. The number of carbonyl (C=O) groups is 1. The smallest absolute Gasteiger partial charge is 0.227 e. The average Bonchev–Trinajstić information content (AvgIpc) is 3.15. The van der Waals surface area contributed by atoms with E-state index >= 15 is 0 Å². The highest BCUT2D eigenvalue weighted by Gasteiger charge is 2.33. The standard InChI is InChI=1S/C18H24N4OS/c1-12-21-10-15(24-12)16-14(19-6-7-20-16)9-13-5-8-22(11-13)17(23)18(2,3)4/h6-7,10,13H,5,8-9,11H2,1-4H3/t13-/m1/s1. The minimum Gasteiger partial charge on any atom is -0.342 e. The predicted molar refractivity (Wildman–Crippen MR) is 95.7 cm³/mol. The second-order valence-electron chi connectivity index (χ2n) is 7.46. The molecule has 1 fully saturated rings. The Bertz CT molecular complexity index is 735. The Balaban J connectivity index is 1.73. The van der Waals surface area contributed by atoms with Gasteiger partial charge < -0.3 is 4.90 Å². The fraction of sp³-hybridized carbons (Fsp3) is 0.556. The molecular formula is C18H24N4OS. The van der Waals surface area contributed by atoms with Gasteiger partial charge >= 0.3 is 0 Å². The van der Waals surface area contributed by atoms with E-state index in [-0.39, 0.29) is 11.3 Å². The Labute approximate surface area is 147 Å². The lowest BCUT2D eigenvalue weighted by molar-refractivity contribution is -0.138. The van der Waals surface area contributed by atoms with Crippen molar-refractivity contribution < 1.29 is 4.79 Å². The lowest BCUT2D eigenvalue weighted by Gasteiger charge is -2.25. The van der Waals surface area contributed by atoms with Crippen LogP contribution in [0, 0.1) is 18.3 Å². The van der Waals surface area contributed by atoms with E-state index in [1.54, 1.807) is 23.7 Å². The van der Waals surface area contributed by atoms with Crippen molar-refractivity contribution in [2.45, 2.75) is 40.5 Å². The van der Waals surface area contributed by atoms with Crippen molar-refractivity contribution in [2.24, 2.45) is 11.3 Å². The molecule has 5 nitrogen and oxygen atoms in total. The Morgan fingerprint density at radius 1 is 1.29 bits per heavy atom. The zero-order valence-electron chi connectivity index (χ0n) is 14.7. The highest BCUT2D eigenvalue weighted by Crippen LogP contribution is 2.30. The van der Waals surface area contributed by atoms with Crippen LogP contribution in [0.25, 0.3) is 10.6 Å². The van der Waals surface area contributed by atoms with E-state index in [2.05, 4.69) is 15.0 Å². The molecule has 0 bridgehead atoms. The third-order valence-corrected chi connectivity index (χ3v) is 5.24. The molecule has 0 spiro atoms. The monoisotopic (exact) mass is 344 g/mol. The summed E-state index contributed by atoms with van der Waals surface area (Å²) in [6.07, 6.45) is 7.24. The first-order valence-corrected chi connectivity index (χ1v) is 9.18. The Kier molecular flexibility index (Phi) is 4.67. The van der Waals surface area contributed by atoms with Gasteiger partial charge in [0.05, 0.1) is 15.6 Å². The number of carbonyl (C=O) groups excluding carboxylic acids is 1. The summed E-state index contributed by atoms with van der Waals surface area (Å²) in [6, 6.07) is 0. The van der Waals surface area contributed by atoms with Crippen molar-refractivity contribution >= 4 is 17.2 Å². The molecule has 1 amide bonds. The number of thiazole rings is 1. The van der Waals surface area contributed by atoms with Crippen LogP contribution in [0.5, 0.6) is 0 Å². The van der Waals surface area contributed by atoms with E-state index in [1.807, 2.05) is 38.8 Å². The molecule has 128 valence electrons. The normalized spacial score (nSPS) is 18.2. The summed E-state index contributed by atoms with van der Waals surface area (Å²) in [6.45, 7) is 9.60. The maximum absolute atomic E-state index is 12.4. The van der Waals surface area contributed by atoms with Crippen LogP contribution >= 0.6 is 11.3 Å². The maximum atomic E-state index is 12.4. The fourth-order valence-electron chi connectivity index (χ4n) is 3.12. The summed E-state index contributed by atoms with van der Waals surface area (Å²) >= 11 is 1.64. The van der Waals surface area contributed by atoms with E-state index in [4.69, 9.17) is 0 Å². The van der Waals surface area contributed by atoms with Crippen LogP contribution in [0.4, 0.5) is 0 Å². The van der Waals surface area contributed by atoms with Crippen LogP contribution in [-0.2, 0) is 11.2 Å². The highest BCUT2D eigenvalue weighted by molar-refractivity contribution is 7.15. The molecule has 0 radical (unpaired) electrons. The Morgan fingerprint density at radius 2 is 2.04 bits per heavy atom. The minimum atomic E-state index is -0.313. The lowest BCUT2D eigenvalue weighted by atomic mass is 9.95. The van der Waals surface area contributed by atoms with Gasteiger partial charge in [0.1, 0.15) is 5.69 Å². The summed E-state index contributed by atoms with van der Waals surface area (Å²) in [5, 5.41) is 1.03. The van der Waals surface area contributed by atoms with Crippen molar-refractivity contribution in [3.8, 4) is 10.6 Å². The van der Waals surface area contributed by atoms with Crippen molar-refractivity contribution in [1.29, 1.82) is 0 Å². The highest BCUT2D eigenvalue weighted by atomic mass is 32.1. The molecule has 0 unspecified atom stereocenters. The van der Waals surface area contributed by atoms with Gasteiger partial charge in [0.2, 0.25) is 5.91 Å². The van der Waals surface area contributed by atoms with Gasteiger partial charge in [0, 0.05) is 37.1 Å². The summed E-state index contributed by atoms with van der Waals surface area (Å²) in [7, 11) is 0. The average molecular weight is 344 g/mol. The van der Waals surface area contributed by atoms with Gasteiger partial charge in [-0.05, 0) is 25.7 Å². The van der Waals surface area contributed by atoms with E-state index in [0.29, 0.717) is 5.92 Å². The van der Waals surface area contributed by atoms with Crippen LogP contribution in [0.1, 0.15) is 37.9 Å². The fourth-order valence-corrected chi connectivity index (χ4v) is 3.92. The van der Waals surface area contributed by atoms with Gasteiger partial charge in [-0.2, -0.15) is 0 Å². The number of rotatable bonds is 3. The van der Waals surface area contributed by atoms with Crippen LogP contribution in [0.3, 0.4) is 0 Å². The molecule has 3 heterocycles. The first kappa shape index (κ1) is 17.0. The number of hydrogen-bond acceptors (Lipinski definition) is 5. The molecule has 0 aliphatic carbocycles. The van der Waals surface area contributed by atoms with Crippen molar-refractivity contribution in [3.63, 3.8) is 0 Å². The molecule has 6 heteroatoms. The van der Waals surface area contributed by atoms with Crippen molar-refractivity contribution in [2.75, 3.05) is 13.1 Å². The molecular weight excluding hydrogens is 320 g/mol. The second-order valence-corrected chi connectivity index (χ2v) is 8.69. The van der Waals surface area contributed by atoms with Crippen LogP contribution in [0.15, 0.2) is 18.6 Å². The van der Waals surface area contributed by atoms with Crippen LogP contribution in [-0.4, -0.2) is 38.8 Å². The molecule has 1 aliphatic rings. The Morgan fingerprint density at radius 3 is 2.71 bits per heavy atom. The van der Waals surface area contributed by atoms with Crippen molar-refractivity contribution in [3.05, 3.63) is 29.3 Å². The van der Waals surface area contributed by atoms with Gasteiger partial charge in [0.15, 0.2) is 0 Å². The largest absolute Gasteiger partial charge is 0.342 e. The van der Waals surface area contributed by atoms with Gasteiger partial charge in [-0.25, -0.2) is 4.98 Å². The minimum absolute atomic E-state index is 0.238. The molecule has 1 aliphatic heterocycles. The molecule has 24 heavy (non-hydrogen) atoms. The lowest BCUT2D eigenvalue weighted by Crippen LogP contribution is -2.38. The summed E-state index contributed by atoms with van der Waals surface area (Å²) in [4.78, 5) is 28.9. The number of nitrogens with zero attached hydrogens (tertiary/aromatic N) is 4. The summed E-state index contributed by atoms with van der Waals surface area (Å²) in [5.74, 6) is 0.684. The molecule has 0 N–H and O–H groups in total. The number of aromatic nitrogens is 3. The molecule has 2 aromatic rings. The predicted octanol–water partition coefficient (Wildman–Crippen LogP) is 3.35. The molecule has 1 saturated heterocycles. The van der Waals surface area contributed by atoms with Gasteiger partial charge in [-0.1, -0.05) is 20.8 Å². The number of likely N-dealkylation sites (tertiary alicyclic amines) is 1. The molecule has 3 rings (SSSR count).